The summed E-state index contributed by atoms with van der Waals surface area (Å²) in [5.41, 5.74) is 0. The van der Waals surface area contributed by atoms with Gasteiger partial charge in [0.05, 0.1) is 6.20 Å². The second kappa shape index (κ2) is 6.36. The summed E-state index contributed by atoms with van der Waals surface area (Å²) in [4.78, 5) is 24.4. The van der Waals surface area contributed by atoms with Crippen LogP contribution >= 0.6 is 11.6 Å². The van der Waals surface area contributed by atoms with Gasteiger partial charge in [0.2, 0.25) is 0 Å². The van der Waals surface area contributed by atoms with E-state index in [4.69, 9.17) is 11.6 Å². The van der Waals surface area contributed by atoms with Gasteiger partial charge in [-0.3, -0.25) is 4.79 Å². The molecule has 0 aromatic carbocycles. The minimum Gasteiger partial charge on any atom is -0.342 e. The Balaban J connectivity index is 0.000000163. The molecule has 3 rings (SSSR count). The Kier molecular flexibility index (Phi) is 4.29. The van der Waals surface area contributed by atoms with Gasteiger partial charge in [-0.15, -0.1) is 10.2 Å². The molecule has 2 N–H and O–H groups in total. The second-order valence-electron chi connectivity index (χ2n) is 3.15. The molecular formula is C10H8ClN7O. The van der Waals surface area contributed by atoms with Crippen LogP contribution in [0.3, 0.4) is 0 Å². The zero-order valence-electron chi connectivity index (χ0n) is 9.49. The highest BCUT2D eigenvalue weighted by atomic mass is 35.5. The molecule has 3 aromatic rings. The van der Waals surface area contributed by atoms with Crippen LogP contribution in [0.5, 0.6) is 0 Å². The number of H-pyrrole nitrogens is 2. The van der Waals surface area contributed by atoms with E-state index in [0.29, 0.717) is 16.8 Å². The number of carbonyl (C=O) groups excluding carboxylic acids is 1. The summed E-state index contributed by atoms with van der Waals surface area (Å²) >= 11 is 5.33. The highest BCUT2D eigenvalue weighted by molar-refractivity contribution is 6.29. The first-order chi connectivity index (χ1) is 9.27. The molecule has 0 radical (unpaired) electrons. The topological polar surface area (TPSA) is 113 Å². The van der Waals surface area contributed by atoms with Gasteiger partial charge >= 0.3 is 0 Å². The number of hydrogen-bond donors (Lipinski definition) is 2. The average molecular weight is 278 g/mol. The Morgan fingerprint density at radius 3 is 2.00 bits per heavy atom. The van der Waals surface area contributed by atoms with Crippen molar-refractivity contribution in [2.45, 2.75) is 0 Å². The van der Waals surface area contributed by atoms with E-state index in [1.165, 1.54) is 18.6 Å². The average Bonchev–Trinajstić information content (AvgIpc) is 3.13. The van der Waals surface area contributed by atoms with E-state index in [1.807, 2.05) is 0 Å². The quantitative estimate of drug-likeness (QED) is 0.673. The van der Waals surface area contributed by atoms with E-state index >= 15 is 0 Å². The van der Waals surface area contributed by atoms with Crippen molar-refractivity contribution in [3.63, 3.8) is 0 Å². The lowest BCUT2D eigenvalue weighted by molar-refractivity contribution is 0.102. The van der Waals surface area contributed by atoms with Gasteiger partial charge in [0.1, 0.15) is 0 Å². The fourth-order valence-electron chi connectivity index (χ4n) is 1.12. The summed E-state index contributed by atoms with van der Waals surface area (Å²) in [5, 5.41) is 10.4. The Morgan fingerprint density at radius 1 is 1.05 bits per heavy atom. The zero-order valence-corrected chi connectivity index (χ0v) is 10.2. The van der Waals surface area contributed by atoms with Crippen molar-refractivity contribution in [1.82, 2.24) is 35.3 Å². The molecule has 0 atom stereocenters. The Bertz CT molecular complexity index is 572. The number of imidazole rings is 2. The molecule has 0 aliphatic heterocycles. The number of ketones is 1. The maximum absolute atomic E-state index is 11.4. The first kappa shape index (κ1) is 12.8. The Labute approximate surface area is 112 Å². The summed E-state index contributed by atoms with van der Waals surface area (Å²) in [6.07, 6.45) is 7.72. The molecule has 3 heterocycles. The minimum atomic E-state index is -0.231. The third-order valence-electron chi connectivity index (χ3n) is 1.90. The zero-order chi connectivity index (χ0) is 13.5. The lowest BCUT2D eigenvalue weighted by atomic mass is 10.3. The first-order valence-electron chi connectivity index (χ1n) is 5.10. The smallest absolute Gasteiger partial charge is 0.263 e. The number of halogens is 1. The molecule has 0 aliphatic carbocycles. The van der Waals surface area contributed by atoms with Crippen LogP contribution in [0.4, 0.5) is 0 Å². The van der Waals surface area contributed by atoms with Gasteiger partial charge in [-0.2, -0.15) is 0 Å². The van der Waals surface area contributed by atoms with Gasteiger partial charge < -0.3 is 9.97 Å². The highest BCUT2D eigenvalue weighted by Gasteiger charge is 2.12. The van der Waals surface area contributed by atoms with E-state index in [2.05, 4.69) is 35.3 Å². The second-order valence-corrected chi connectivity index (χ2v) is 3.54. The van der Waals surface area contributed by atoms with E-state index < -0.39 is 0 Å². The van der Waals surface area contributed by atoms with Crippen LogP contribution in [0.1, 0.15) is 16.4 Å². The van der Waals surface area contributed by atoms with Gasteiger partial charge in [-0.25, -0.2) is 9.97 Å². The fraction of sp³-hybridized carbons (Fsp3) is 0. The molecule has 9 heteroatoms. The summed E-state index contributed by atoms with van der Waals surface area (Å²) in [5.74, 6) is 0.361. The third-order valence-corrected chi connectivity index (χ3v) is 2.10. The van der Waals surface area contributed by atoms with Crippen molar-refractivity contribution in [2.75, 3.05) is 0 Å². The molecule has 0 amide bonds. The van der Waals surface area contributed by atoms with Crippen LogP contribution in [0.25, 0.3) is 0 Å². The van der Waals surface area contributed by atoms with Crippen LogP contribution < -0.4 is 0 Å². The van der Waals surface area contributed by atoms with Crippen LogP contribution in [0, 0.1) is 0 Å². The monoisotopic (exact) mass is 277 g/mol. The summed E-state index contributed by atoms with van der Waals surface area (Å²) in [6, 6.07) is 1.56. The molecular weight excluding hydrogens is 270 g/mol. The van der Waals surface area contributed by atoms with Crippen molar-refractivity contribution in [3.8, 4) is 0 Å². The Hall–Kier alpha value is -2.61. The van der Waals surface area contributed by atoms with Crippen molar-refractivity contribution in [2.24, 2.45) is 0 Å². The van der Waals surface area contributed by atoms with E-state index in [1.54, 1.807) is 18.5 Å². The van der Waals surface area contributed by atoms with Crippen LogP contribution in [-0.2, 0) is 0 Å². The maximum atomic E-state index is 11.4. The summed E-state index contributed by atoms with van der Waals surface area (Å²) in [6.45, 7) is 0. The lowest BCUT2D eigenvalue weighted by Gasteiger charge is -1.89. The summed E-state index contributed by atoms with van der Waals surface area (Å²) in [7, 11) is 0. The van der Waals surface area contributed by atoms with Crippen LogP contribution in [0.2, 0.25) is 5.15 Å². The number of aromatic amines is 2. The van der Waals surface area contributed by atoms with Crippen LogP contribution in [0.15, 0.2) is 37.1 Å². The molecule has 8 nitrogen and oxygen atoms in total. The number of aromatic nitrogens is 7. The van der Waals surface area contributed by atoms with Crippen LogP contribution in [-0.4, -0.2) is 41.1 Å². The molecule has 0 bridgehead atoms. The van der Waals surface area contributed by atoms with E-state index in [-0.39, 0.29) is 5.78 Å². The van der Waals surface area contributed by atoms with Crippen molar-refractivity contribution in [3.05, 3.63) is 53.9 Å². The highest BCUT2D eigenvalue weighted by Crippen LogP contribution is 1.98. The fourth-order valence-corrected chi connectivity index (χ4v) is 1.21. The molecule has 0 saturated carbocycles. The van der Waals surface area contributed by atoms with E-state index in [0.717, 1.165) is 0 Å². The number of nitrogens with zero attached hydrogens (tertiary/aromatic N) is 5. The van der Waals surface area contributed by atoms with Gasteiger partial charge in [0.25, 0.3) is 5.78 Å². The summed E-state index contributed by atoms with van der Waals surface area (Å²) < 4.78 is 0. The SMILES string of the molecule is Clc1ccnnn1.O=C(c1ncc[nH]1)c1ncc[nH]1. The van der Waals surface area contributed by atoms with Crippen molar-refractivity contribution < 1.29 is 4.79 Å². The van der Waals surface area contributed by atoms with Gasteiger partial charge in [0.15, 0.2) is 16.8 Å². The number of rotatable bonds is 2. The maximum Gasteiger partial charge on any atom is 0.263 e. The predicted molar refractivity (Wildman–Crippen MR) is 65.4 cm³/mol. The standard InChI is InChI=1S/C7H6N4O.C3H2ClN3/c12-5(6-8-1-2-9-6)7-10-3-4-11-7;4-3-1-2-5-7-6-3/h1-4H,(H,8,9)(H,10,11);1-2H. The third kappa shape index (κ3) is 3.68. The molecule has 0 fully saturated rings. The molecule has 0 unspecified atom stereocenters. The van der Waals surface area contributed by atoms with Gasteiger partial charge in [-0.1, -0.05) is 11.6 Å². The molecule has 19 heavy (non-hydrogen) atoms. The van der Waals surface area contributed by atoms with Gasteiger partial charge in [-0.05, 0) is 11.3 Å². The number of nitrogens with one attached hydrogen (secondary N) is 2. The molecule has 0 spiro atoms. The van der Waals surface area contributed by atoms with E-state index in [9.17, 15) is 4.79 Å². The number of hydrogen-bond acceptors (Lipinski definition) is 6. The number of carbonyl (C=O) groups is 1. The van der Waals surface area contributed by atoms with Crippen molar-refractivity contribution >= 4 is 17.4 Å². The molecule has 3 aromatic heterocycles. The minimum absolute atomic E-state index is 0.231. The first-order valence-corrected chi connectivity index (χ1v) is 5.48. The van der Waals surface area contributed by atoms with Gasteiger partial charge in [0, 0.05) is 24.8 Å². The van der Waals surface area contributed by atoms with Crippen molar-refractivity contribution in [1.29, 1.82) is 0 Å². The molecule has 0 saturated heterocycles. The lowest BCUT2D eigenvalue weighted by Crippen LogP contribution is -2.05. The Morgan fingerprint density at radius 2 is 1.68 bits per heavy atom. The normalized spacial score (nSPS) is 9.53. The predicted octanol–water partition coefficient (Wildman–Crippen LogP) is 0.889. The largest absolute Gasteiger partial charge is 0.342 e. The molecule has 0 aliphatic rings. The molecule has 96 valence electrons.